The molecule has 0 aliphatic carbocycles. The molecule has 3 amide bonds. The average molecular weight is 508 g/mol. The topological polar surface area (TPSA) is 112 Å². The number of amides is 3. The van der Waals surface area contributed by atoms with Gasteiger partial charge in [-0.3, -0.25) is 14.4 Å². The van der Waals surface area contributed by atoms with E-state index in [1.807, 2.05) is 32.0 Å². The summed E-state index contributed by atoms with van der Waals surface area (Å²) < 4.78 is 6.73. The predicted octanol–water partition coefficient (Wildman–Crippen LogP) is 3.76. The number of benzene rings is 2. The second-order valence-corrected chi connectivity index (χ2v) is 9.83. The summed E-state index contributed by atoms with van der Waals surface area (Å²) in [6, 6.07) is 10.4. The van der Waals surface area contributed by atoms with Crippen LogP contribution >= 0.6 is 11.3 Å². The molecule has 0 saturated carbocycles. The molecule has 9 nitrogen and oxygen atoms in total. The van der Waals surface area contributed by atoms with Crippen molar-refractivity contribution in [3.05, 3.63) is 59.5 Å². The quantitative estimate of drug-likeness (QED) is 0.346. The fourth-order valence-electron chi connectivity index (χ4n) is 3.73. The van der Waals surface area contributed by atoms with Crippen molar-refractivity contribution in [3.8, 4) is 5.75 Å². The molecule has 2 aromatic carbocycles. The SMILES string of the molecule is C=CC(=O)Nc1cc(NC(=O)c2ccc3sc4c(c3c2)NCC(C)NC4=O)ccc1OCCN(C)C. The number of rotatable bonds is 8. The number of carbonyl (C=O) groups excluding carboxylic acids is 3. The molecule has 1 aliphatic heterocycles. The van der Waals surface area contributed by atoms with Gasteiger partial charge in [0, 0.05) is 40.5 Å². The van der Waals surface area contributed by atoms with Gasteiger partial charge in [-0.1, -0.05) is 6.58 Å². The normalized spacial score (nSPS) is 14.9. The Morgan fingerprint density at radius 1 is 1.22 bits per heavy atom. The van der Waals surface area contributed by atoms with E-state index in [9.17, 15) is 14.4 Å². The molecule has 4 N–H and O–H groups in total. The summed E-state index contributed by atoms with van der Waals surface area (Å²) in [4.78, 5) is 40.2. The Morgan fingerprint density at radius 2 is 2.03 bits per heavy atom. The van der Waals surface area contributed by atoms with E-state index in [4.69, 9.17) is 4.74 Å². The van der Waals surface area contributed by atoms with Crippen molar-refractivity contribution in [3.63, 3.8) is 0 Å². The maximum atomic E-state index is 13.1. The van der Waals surface area contributed by atoms with Gasteiger partial charge in [0.15, 0.2) is 0 Å². The molecule has 1 aliphatic rings. The van der Waals surface area contributed by atoms with Crippen molar-refractivity contribution < 1.29 is 19.1 Å². The number of fused-ring (bicyclic) bond motifs is 3. The number of nitrogens with one attached hydrogen (secondary N) is 4. The van der Waals surface area contributed by atoms with E-state index in [0.29, 0.717) is 47.3 Å². The first-order valence-corrected chi connectivity index (χ1v) is 12.3. The predicted molar refractivity (Wildman–Crippen MR) is 145 cm³/mol. The molecule has 188 valence electrons. The van der Waals surface area contributed by atoms with Gasteiger partial charge in [0.1, 0.15) is 17.2 Å². The van der Waals surface area contributed by atoms with E-state index in [1.165, 1.54) is 17.4 Å². The lowest BCUT2D eigenvalue weighted by Gasteiger charge is -2.16. The third-order valence-corrected chi connectivity index (χ3v) is 6.77. The summed E-state index contributed by atoms with van der Waals surface area (Å²) in [7, 11) is 3.89. The van der Waals surface area contributed by atoms with E-state index in [0.717, 1.165) is 15.8 Å². The highest BCUT2D eigenvalue weighted by Crippen LogP contribution is 2.37. The van der Waals surface area contributed by atoms with Crippen molar-refractivity contribution in [2.75, 3.05) is 49.7 Å². The largest absolute Gasteiger partial charge is 0.490 e. The lowest BCUT2D eigenvalue weighted by Crippen LogP contribution is -2.34. The van der Waals surface area contributed by atoms with Gasteiger partial charge in [0.05, 0.1) is 11.4 Å². The van der Waals surface area contributed by atoms with Crippen LogP contribution in [0.15, 0.2) is 49.1 Å². The molecule has 0 bridgehead atoms. The van der Waals surface area contributed by atoms with Crippen molar-refractivity contribution in [2.24, 2.45) is 0 Å². The third-order valence-electron chi connectivity index (χ3n) is 5.60. The van der Waals surface area contributed by atoms with Crippen LogP contribution in [0.3, 0.4) is 0 Å². The Kier molecular flexibility index (Phi) is 7.56. The molecule has 0 saturated heterocycles. The zero-order chi connectivity index (χ0) is 25.8. The highest BCUT2D eigenvalue weighted by molar-refractivity contribution is 7.21. The zero-order valence-corrected chi connectivity index (χ0v) is 21.3. The molecule has 0 fully saturated rings. The summed E-state index contributed by atoms with van der Waals surface area (Å²) in [5, 5.41) is 12.7. The summed E-state index contributed by atoms with van der Waals surface area (Å²) in [6.07, 6.45) is 1.17. The summed E-state index contributed by atoms with van der Waals surface area (Å²) in [6.45, 7) is 7.17. The Bertz CT molecular complexity index is 1330. The Balaban J connectivity index is 1.57. The zero-order valence-electron chi connectivity index (χ0n) is 20.4. The number of carbonyl (C=O) groups is 3. The van der Waals surface area contributed by atoms with Crippen LogP contribution in [-0.2, 0) is 4.79 Å². The van der Waals surface area contributed by atoms with Crippen molar-refractivity contribution in [2.45, 2.75) is 13.0 Å². The smallest absolute Gasteiger partial charge is 0.263 e. The van der Waals surface area contributed by atoms with Crippen LogP contribution in [0.25, 0.3) is 10.1 Å². The first-order chi connectivity index (χ1) is 17.2. The average Bonchev–Trinajstić information content (AvgIpc) is 3.14. The Hall–Kier alpha value is -3.89. The second-order valence-electron chi connectivity index (χ2n) is 8.78. The molecule has 4 rings (SSSR count). The molecular formula is C26H29N5O4S. The molecule has 0 radical (unpaired) electrons. The maximum Gasteiger partial charge on any atom is 0.263 e. The molecule has 2 heterocycles. The van der Waals surface area contributed by atoms with Crippen LogP contribution in [-0.4, -0.2) is 62.5 Å². The molecule has 36 heavy (non-hydrogen) atoms. The number of thiophene rings is 1. The van der Waals surface area contributed by atoms with Gasteiger partial charge in [-0.15, -0.1) is 11.3 Å². The van der Waals surface area contributed by atoms with Gasteiger partial charge in [-0.25, -0.2) is 0 Å². The van der Waals surface area contributed by atoms with E-state index < -0.39 is 0 Å². The van der Waals surface area contributed by atoms with E-state index in [1.54, 1.807) is 30.3 Å². The number of hydrogen-bond donors (Lipinski definition) is 4. The number of hydrogen-bond acceptors (Lipinski definition) is 7. The van der Waals surface area contributed by atoms with E-state index >= 15 is 0 Å². The molecule has 0 spiro atoms. The van der Waals surface area contributed by atoms with Crippen LogP contribution in [0.5, 0.6) is 5.75 Å². The summed E-state index contributed by atoms with van der Waals surface area (Å²) >= 11 is 1.40. The van der Waals surface area contributed by atoms with Crippen LogP contribution in [0.4, 0.5) is 17.1 Å². The van der Waals surface area contributed by atoms with Crippen LogP contribution in [0.1, 0.15) is 27.0 Å². The highest BCUT2D eigenvalue weighted by Gasteiger charge is 2.24. The first-order valence-electron chi connectivity index (χ1n) is 11.5. The van der Waals surface area contributed by atoms with Gasteiger partial charge >= 0.3 is 0 Å². The molecule has 3 aromatic rings. The minimum atomic E-state index is -0.384. The number of anilines is 3. The monoisotopic (exact) mass is 507 g/mol. The Morgan fingerprint density at radius 3 is 2.78 bits per heavy atom. The molecule has 1 atom stereocenters. The molecule has 1 aromatic heterocycles. The first kappa shape index (κ1) is 25.2. The lowest BCUT2D eigenvalue weighted by molar-refractivity contribution is -0.111. The van der Waals surface area contributed by atoms with Crippen LogP contribution < -0.4 is 26.0 Å². The molecule has 10 heteroatoms. The lowest BCUT2D eigenvalue weighted by atomic mass is 10.1. The standard InChI is InChI=1S/C26H29N5O4S/c1-5-22(32)30-19-13-17(7-8-20(19)35-11-10-31(3)4)29-25(33)16-6-9-21-18(12-16)23-24(36-21)26(34)28-15(2)14-27-23/h5-9,12-13,15,27H,1,10-11,14H2,2-4H3,(H,28,34)(H,29,33)(H,30,32). The second kappa shape index (κ2) is 10.8. The van der Waals surface area contributed by atoms with E-state index in [-0.39, 0.29) is 23.8 Å². The summed E-state index contributed by atoms with van der Waals surface area (Å²) in [5.41, 5.74) is 2.13. The van der Waals surface area contributed by atoms with Gasteiger partial charge in [0.2, 0.25) is 5.91 Å². The fraction of sp³-hybridized carbons (Fsp3) is 0.269. The van der Waals surface area contributed by atoms with E-state index in [2.05, 4.69) is 27.8 Å². The number of nitrogens with zero attached hydrogens (tertiary/aromatic N) is 1. The minimum absolute atomic E-state index is 0.00393. The van der Waals surface area contributed by atoms with Crippen molar-refractivity contribution >= 4 is 56.2 Å². The van der Waals surface area contributed by atoms with Crippen LogP contribution in [0, 0.1) is 0 Å². The molecular weight excluding hydrogens is 478 g/mol. The van der Waals surface area contributed by atoms with Crippen LogP contribution in [0.2, 0.25) is 0 Å². The number of likely N-dealkylation sites (N-methyl/N-ethyl adjacent to an activating group) is 1. The Labute approximate surface area is 213 Å². The minimum Gasteiger partial charge on any atom is -0.490 e. The highest BCUT2D eigenvalue weighted by atomic mass is 32.1. The maximum absolute atomic E-state index is 13.1. The third kappa shape index (κ3) is 5.67. The van der Waals surface area contributed by atoms with Gasteiger partial charge in [-0.2, -0.15) is 0 Å². The van der Waals surface area contributed by atoms with Gasteiger partial charge < -0.3 is 30.9 Å². The number of ether oxygens (including phenoxy) is 1. The summed E-state index contributed by atoms with van der Waals surface area (Å²) in [5.74, 6) is -0.321. The fourth-order valence-corrected chi connectivity index (χ4v) is 4.79. The van der Waals surface area contributed by atoms with Crippen molar-refractivity contribution in [1.29, 1.82) is 0 Å². The van der Waals surface area contributed by atoms with Gasteiger partial charge in [-0.05, 0) is 63.5 Å². The van der Waals surface area contributed by atoms with Crippen molar-refractivity contribution in [1.82, 2.24) is 10.2 Å². The molecule has 1 unspecified atom stereocenters. The van der Waals surface area contributed by atoms with Gasteiger partial charge in [0.25, 0.3) is 11.8 Å².